The maximum atomic E-state index is 13.4. The van der Waals surface area contributed by atoms with E-state index < -0.39 is 50.1 Å². The molecule has 198 valence electrons. The summed E-state index contributed by atoms with van der Waals surface area (Å²) < 4.78 is 36.3. The zero-order valence-corrected chi connectivity index (χ0v) is 21.8. The number of carbonyl (C=O) groups excluding carboxylic acids is 1. The molecule has 12 nitrogen and oxygen atoms in total. The number of hydrogen-bond donors (Lipinski definition) is 3. The number of nitrogens with zero attached hydrogens (tertiary/aromatic N) is 2. The van der Waals surface area contributed by atoms with E-state index >= 15 is 0 Å². The van der Waals surface area contributed by atoms with Crippen LogP contribution in [0.3, 0.4) is 0 Å². The summed E-state index contributed by atoms with van der Waals surface area (Å²) in [5, 5.41) is 20.8. The molecular weight excluding hydrogens is 513 g/mol. The summed E-state index contributed by atoms with van der Waals surface area (Å²) in [6.45, 7) is 4.75. The van der Waals surface area contributed by atoms with E-state index in [0.29, 0.717) is 0 Å². The third-order valence-corrected chi connectivity index (χ3v) is 7.64. The van der Waals surface area contributed by atoms with Crippen LogP contribution < -0.4 is 15.9 Å². The van der Waals surface area contributed by atoms with Gasteiger partial charge in [0.25, 0.3) is 0 Å². The second-order valence-electron chi connectivity index (χ2n) is 8.95. The van der Waals surface area contributed by atoms with Gasteiger partial charge >= 0.3 is 13.5 Å². The second-order valence-corrected chi connectivity index (χ2v) is 11.6. The maximum absolute atomic E-state index is 13.4. The number of hydrogen-bond acceptors (Lipinski definition) is 12. The summed E-state index contributed by atoms with van der Waals surface area (Å²) in [4.78, 5) is 27.8. The summed E-state index contributed by atoms with van der Waals surface area (Å²) in [6, 6.07) is 9.52. The number of phosphoric ester groups is 1. The summed E-state index contributed by atoms with van der Waals surface area (Å²) in [7, 11) is -4.24. The first-order chi connectivity index (χ1) is 16.9. The highest BCUT2D eigenvalue weighted by molar-refractivity contribution is 8.13. The van der Waals surface area contributed by atoms with Gasteiger partial charge in [-0.25, -0.2) is 9.36 Å². The van der Waals surface area contributed by atoms with Gasteiger partial charge < -0.3 is 25.2 Å². The Morgan fingerprint density at radius 2 is 1.89 bits per heavy atom. The molecule has 1 aliphatic heterocycles. The lowest BCUT2D eigenvalue weighted by molar-refractivity contribution is -0.117. The van der Waals surface area contributed by atoms with E-state index in [1.807, 2.05) is 0 Å². The Kier molecular flexibility index (Phi) is 9.33. The van der Waals surface area contributed by atoms with Gasteiger partial charge in [-0.2, -0.15) is 4.98 Å². The van der Waals surface area contributed by atoms with Gasteiger partial charge in [0.15, 0.2) is 11.3 Å². The number of phosphoric acid groups is 1. The second kappa shape index (κ2) is 11.9. The first-order valence-electron chi connectivity index (χ1n) is 11.1. The van der Waals surface area contributed by atoms with Crippen molar-refractivity contribution in [1.82, 2.24) is 9.55 Å². The number of para-hydroxylation sites is 1. The van der Waals surface area contributed by atoms with Crippen molar-refractivity contribution in [3.8, 4) is 5.75 Å². The Labute approximate surface area is 212 Å². The highest BCUT2D eigenvalue weighted by atomic mass is 32.2. The molecule has 0 aliphatic carbocycles. The van der Waals surface area contributed by atoms with Crippen molar-refractivity contribution < 1.29 is 37.9 Å². The Morgan fingerprint density at radius 3 is 2.53 bits per heavy atom. The molecule has 2 aromatic rings. The monoisotopic (exact) mass is 543 g/mol. The minimum absolute atomic E-state index is 0.0114. The number of anilines is 1. The fourth-order valence-electron chi connectivity index (χ4n) is 3.08. The molecule has 1 aromatic carbocycles. The van der Waals surface area contributed by atoms with E-state index in [1.54, 1.807) is 51.1 Å². The molecule has 0 radical (unpaired) electrons. The number of aromatic nitrogens is 2. The van der Waals surface area contributed by atoms with Crippen LogP contribution >= 0.6 is 19.6 Å². The van der Waals surface area contributed by atoms with Crippen molar-refractivity contribution in [2.24, 2.45) is 5.41 Å². The number of aliphatic hydroxyl groups is 2. The molecule has 4 N–H and O–H groups in total. The molecule has 1 aliphatic rings. The van der Waals surface area contributed by atoms with E-state index in [2.05, 4.69) is 4.98 Å². The van der Waals surface area contributed by atoms with Gasteiger partial charge in [0.1, 0.15) is 29.9 Å². The standard InChI is InChI=1S/C22H30N3O9PS/c1-22(2,3)20(28)36-12-11-31-35(30,34-14-7-5-4-6-8-14)32-13-15-17(26)18(27)19(33-15)25-10-9-16(23)24-21(25)29/h4-10,15,17-19,26-27H,11-13H2,1-3H3,(H2,23,24,29)/t15?,17-,18+,19-,35?/m1/s1. The van der Waals surface area contributed by atoms with Gasteiger partial charge in [-0.05, 0) is 18.2 Å². The molecule has 0 amide bonds. The van der Waals surface area contributed by atoms with Crippen LogP contribution in [-0.4, -0.2) is 62.2 Å². The van der Waals surface area contributed by atoms with Gasteiger partial charge in [-0.15, -0.1) is 0 Å². The average molecular weight is 544 g/mol. The lowest BCUT2D eigenvalue weighted by Gasteiger charge is -2.21. The molecule has 2 unspecified atom stereocenters. The quantitative estimate of drug-likeness (QED) is 0.294. The Bertz CT molecular complexity index is 1140. The first-order valence-corrected chi connectivity index (χ1v) is 13.5. The SMILES string of the molecule is CC(C)(C)C(=O)SCCOP(=O)(OCC1O[C@@H](n2ccc(N)nc2=O)[C@@H](O)[C@@H]1O)Oc1ccccc1. The molecule has 36 heavy (non-hydrogen) atoms. The number of rotatable bonds is 10. The topological polar surface area (TPSA) is 172 Å². The number of ether oxygens (including phenoxy) is 1. The fraction of sp³-hybridized carbons (Fsp3) is 0.500. The van der Waals surface area contributed by atoms with Crippen molar-refractivity contribution in [1.29, 1.82) is 0 Å². The predicted molar refractivity (Wildman–Crippen MR) is 132 cm³/mol. The molecule has 3 rings (SSSR count). The lowest BCUT2D eigenvalue weighted by atomic mass is 10.00. The normalized spacial score (nSPS) is 23.8. The number of carbonyl (C=O) groups is 1. The van der Waals surface area contributed by atoms with Gasteiger partial charge in [0.05, 0.1) is 13.2 Å². The summed E-state index contributed by atoms with van der Waals surface area (Å²) in [5.41, 5.74) is 4.16. The Balaban J connectivity index is 1.67. The van der Waals surface area contributed by atoms with Crippen molar-refractivity contribution in [2.75, 3.05) is 24.7 Å². The molecule has 5 atom stereocenters. The van der Waals surface area contributed by atoms with E-state index in [0.717, 1.165) is 16.3 Å². The van der Waals surface area contributed by atoms with Crippen LogP contribution in [0.15, 0.2) is 47.4 Å². The van der Waals surface area contributed by atoms with Crippen LogP contribution in [0.4, 0.5) is 5.82 Å². The zero-order chi connectivity index (χ0) is 26.5. The summed E-state index contributed by atoms with van der Waals surface area (Å²) in [6.07, 6.45) is -4.16. The molecule has 1 aromatic heterocycles. The number of nitrogen functional groups attached to an aromatic ring is 1. The summed E-state index contributed by atoms with van der Waals surface area (Å²) >= 11 is 1.03. The number of nitrogens with two attached hydrogens (primary N) is 1. The van der Waals surface area contributed by atoms with Crippen LogP contribution in [0.1, 0.15) is 27.0 Å². The first kappa shape index (κ1) is 28.3. The highest BCUT2D eigenvalue weighted by Crippen LogP contribution is 2.50. The average Bonchev–Trinajstić information content (AvgIpc) is 3.09. The van der Waals surface area contributed by atoms with Crippen molar-refractivity contribution in [3.05, 3.63) is 53.1 Å². The molecule has 1 saturated heterocycles. The van der Waals surface area contributed by atoms with Crippen LogP contribution in [0.5, 0.6) is 5.75 Å². The van der Waals surface area contributed by atoms with Crippen LogP contribution in [0.25, 0.3) is 0 Å². The minimum Gasteiger partial charge on any atom is -0.404 e. The largest absolute Gasteiger partial charge is 0.530 e. The molecule has 14 heteroatoms. The third kappa shape index (κ3) is 7.39. The smallest absolute Gasteiger partial charge is 0.404 e. The minimum atomic E-state index is -4.24. The molecule has 2 heterocycles. The van der Waals surface area contributed by atoms with Gasteiger partial charge in [-0.1, -0.05) is 50.7 Å². The van der Waals surface area contributed by atoms with Gasteiger partial charge in [0.2, 0.25) is 0 Å². The number of aliphatic hydroxyl groups excluding tert-OH is 2. The lowest BCUT2D eigenvalue weighted by Crippen LogP contribution is -2.36. The molecular formula is C22H30N3O9PS. The molecule has 0 spiro atoms. The maximum Gasteiger partial charge on any atom is 0.530 e. The Hall–Kier alpha value is -2.25. The van der Waals surface area contributed by atoms with E-state index in [9.17, 15) is 24.4 Å². The van der Waals surface area contributed by atoms with Crippen molar-refractivity contribution in [3.63, 3.8) is 0 Å². The van der Waals surface area contributed by atoms with Crippen LogP contribution in [0.2, 0.25) is 0 Å². The van der Waals surface area contributed by atoms with E-state index in [-0.39, 0.29) is 29.0 Å². The van der Waals surface area contributed by atoms with E-state index in [4.69, 9.17) is 24.0 Å². The van der Waals surface area contributed by atoms with Crippen LogP contribution in [-0.2, 0) is 23.1 Å². The van der Waals surface area contributed by atoms with Crippen molar-refractivity contribution in [2.45, 2.75) is 45.3 Å². The highest BCUT2D eigenvalue weighted by Gasteiger charge is 2.45. The zero-order valence-electron chi connectivity index (χ0n) is 20.1. The number of thioether (sulfide) groups is 1. The Morgan fingerprint density at radius 1 is 1.19 bits per heavy atom. The fourth-order valence-corrected chi connectivity index (χ4v) is 5.19. The van der Waals surface area contributed by atoms with Gasteiger partial charge in [0, 0.05) is 17.4 Å². The van der Waals surface area contributed by atoms with Gasteiger partial charge in [-0.3, -0.25) is 18.4 Å². The predicted octanol–water partition coefficient (Wildman–Crippen LogP) is 1.97. The van der Waals surface area contributed by atoms with E-state index in [1.165, 1.54) is 12.3 Å². The molecule has 0 bridgehead atoms. The number of benzene rings is 1. The third-order valence-electron chi connectivity index (χ3n) is 5.00. The molecule has 0 saturated carbocycles. The molecule has 1 fully saturated rings. The summed E-state index contributed by atoms with van der Waals surface area (Å²) in [5.74, 6) is 0.407. The van der Waals surface area contributed by atoms with Crippen molar-refractivity contribution >= 4 is 30.5 Å². The van der Waals surface area contributed by atoms with Crippen LogP contribution in [0, 0.1) is 5.41 Å².